The fraction of sp³-hybridized carbons (Fsp3) is 0.409. The van der Waals surface area contributed by atoms with Gasteiger partial charge in [0.05, 0.1) is 28.5 Å². The van der Waals surface area contributed by atoms with E-state index in [0.29, 0.717) is 31.7 Å². The zero-order valence-corrected chi connectivity index (χ0v) is 19.0. The fourth-order valence-corrected chi connectivity index (χ4v) is 5.45. The van der Waals surface area contributed by atoms with Crippen molar-refractivity contribution in [2.45, 2.75) is 37.6 Å². The van der Waals surface area contributed by atoms with E-state index >= 15 is 0 Å². The minimum absolute atomic E-state index is 0.0710. The molecule has 0 spiro atoms. The second-order valence-electron chi connectivity index (χ2n) is 7.51. The summed E-state index contributed by atoms with van der Waals surface area (Å²) in [7, 11) is -3.80. The van der Waals surface area contributed by atoms with Crippen molar-refractivity contribution < 1.29 is 22.3 Å². The monoisotopic (exact) mass is 468 g/mol. The van der Waals surface area contributed by atoms with E-state index < -0.39 is 15.9 Å². The zero-order chi connectivity index (χ0) is 22.6. The van der Waals surface area contributed by atoms with Gasteiger partial charge in [-0.2, -0.15) is 4.31 Å². The van der Waals surface area contributed by atoms with Crippen molar-refractivity contribution >= 4 is 27.5 Å². The number of hydrogen-bond acceptors (Lipinski definition) is 4. The number of nitrogens with zero attached hydrogens (tertiary/aromatic N) is 1. The van der Waals surface area contributed by atoms with Crippen LogP contribution in [0.5, 0.6) is 5.75 Å². The number of carbonyl (C=O) groups excluding carboxylic acids is 1. The highest BCUT2D eigenvalue weighted by Crippen LogP contribution is 2.30. The lowest BCUT2D eigenvalue weighted by Crippen LogP contribution is -2.45. The Morgan fingerprint density at radius 2 is 2.00 bits per heavy atom. The molecule has 1 N–H and O–H groups in total. The molecule has 0 radical (unpaired) electrons. The first-order valence-electron chi connectivity index (χ1n) is 10.2. The van der Waals surface area contributed by atoms with Crippen LogP contribution in [0.3, 0.4) is 0 Å². The van der Waals surface area contributed by atoms with Gasteiger partial charge < -0.3 is 10.1 Å². The van der Waals surface area contributed by atoms with Gasteiger partial charge in [-0.1, -0.05) is 23.7 Å². The largest absolute Gasteiger partial charge is 0.492 e. The third-order valence-electron chi connectivity index (χ3n) is 5.32. The Morgan fingerprint density at radius 1 is 1.29 bits per heavy atom. The highest BCUT2D eigenvalue weighted by molar-refractivity contribution is 7.89. The summed E-state index contributed by atoms with van der Waals surface area (Å²) in [5.74, 6) is -0.607. The molecule has 1 aliphatic heterocycles. The smallest absolute Gasteiger partial charge is 0.243 e. The number of ether oxygens (including phenoxy) is 1. The predicted octanol–water partition coefficient (Wildman–Crippen LogP) is 4.16. The maximum atomic E-state index is 13.1. The zero-order valence-electron chi connectivity index (χ0n) is 17.5. The first kappa shape index (κ1) is 23.5. The van der Waals surface area contributed by atoms with Gasteiger partial charge in [0.2, 0.25) is 15.9 Å². The minimum Gasteiger partial charge on any atom is -0.492 e. The van der Waals surface area contributed by atoms with E-state index in [9.17, 15) is 17.6 Å². The summed E-state index contributed by atoms with van der Waals surface area (Å²) in [6.45, 7) is 4.48. The summed E-state index contributed by atoms with van der Waals surface area (Å²) in [4.78, 5) is 12.9. The van der Waals surface area contributed by atoms with Crippen LogP contribution in [0, 0.1) is 11.7 Å². The molecular weight excluding hydrogens is 443 g/mol. The summed E-state index contributed by atoms with van der Waals surface area (Å²) in [5, 5.41) is 3.13. The van der Waals surface area contributed by atoms with Crippen LogP contribution >= 0.6 is 11.6 Å². The molecule has 1 heterocycles. The Balaban J connectivity index is 1.69. The number of amides is 1. The minimum atomic E-state index is -3.80. The number of nitrogens with one attached hydrogen (secondary N) is 1. The SMILES string of the molecule is CCOc1ccc(S(=O)(=O)N2CCCC(C(=O)NC(C)c3ccc(F)cc3)C2)cc1Cl. The number of rotatable bonds is 7. The van der Waals surface area contributed by atoms with Crippen molar-refractivity contribution in [3.8, 4) is 5.75 Å². The van der Waals surface area contributed by atoms with Crippen LogP contribution in [0.15, 0.2) is 47.4 Å². The average Bonchev–Trinajstić information content (AvgIpc) is 2.75. The maximum Gasteiger partial charge on any atom is 0.243 e. The molecule has 2 unspecified atom stereocenters. The summed E-state index contributed by atoms with van der Waals surface area (Å²) in [6.07, 6.45) is 1.17. The molecule has 0 aromatic heterocycles. The fourth-order valence-electron chi connectivity index (χ4n) is 3.60. The third-order valence-corrected chi connectivity index (χ3v) is 7.48. The molecule has 1 amide bonds. The Hall–Kier alpha value is -2.16. The first-order chi connectivity index (χ1) is 14.7. The second kappa shape index (κ2) is 9.97. The van der Waals surface area contributed by atoms with Crippen molar-refractivity contribution in [2.24, 2.45) is 5.92 Å². The first-order valence-corrected chi connectivity index (χ1v) is 12.0. The molecule has 0 saturated carbocycles. The number of sulfonamides is 1. The van der Waals surface area contributed by atoms with Crippen LogP contribution in [0.1, 0.15) is 38.3 Å². The van der Waals surface area contributed by atoms with E-state index in [-0.39, 0.29) is 34.2 Å². The number of piperidine rings is 1. The maximum absolute atomic E-state index is 13.1. The van der Waals surface area contributed by atoms with Crippen molar-refractivity contribution in [1.82, 2.24) is 9.62 Å². The summed E-state index contributed by atoms with van der Waals surface area (Å²) in [5.41, 5.74) is 0.777. The number of hydrogen-bond donors (Lipinski definition) is 1. The Labute approximate surface area is 187 Å². The summed E-state index contributed by atoms with van der Waals surface area (Å²) >= 11 is 6.16. The molecular formula is C22H26ClFN2O4S. The van der Waals surface area contributed by atoms with Crippen LogP contribution in [-0.4, -0.2) is 38.3 Å². The topological polar surface area (TPSA) is 75.7 Å². The van der Waals surface area contributed by atoms with Crippen molar-refractivity contribution in [2.75, 3.05) is 19.7 Å². The van der Waals surface area contributed by atoms with Gasteiger partial charge in [0.15, 0.2) is 0 Å². The lowest BCUT2D eigenvalue weighted by Gasteiger charge is -2.32. The molecule has 1 aliphatic rings. The molecule has 1 fully saturated rings. The lowest BCUT2D eigenvalue weighted by molar-refractivity contribution is -0.126. The van der Waals surface area contributed by atoms with Crippen LogP contribution in [-0.2, 0) is 14.8 Å². The van der Waals surface area contributed by atoms with Gasteiger partial charge >= 0.3 is 0 Å². The van der Waals surface area contributed by atoms with Gasteiger partial charge in [0.25, 0.3) is 0 Å². The van der Waals surface area contributed by atoms with Gasteiger partial charge in [0, 0.05) is 13.1 Å². The van der Waals surface area contributed by atoms with Gasteiger partial charge in [-0.25, -0.2) is 12.8 Å². The van der Waals surface area contributed by atoms with E-state index in [2.05, 4.69) is 5.32 Å². The normalized spacial score (nSPS) is 18.4. The molecule has 3 rings (SSSR count). The molecule has 168 valence electrons. The number of carbonyl (C=O) groups is 1. The Kier molecular flexibility index (Phi) is 7.56. The van der Waals surface area contributed by atoms with Crippen molar-refractivity contribution in [3.05, 3.63) is 58.9 Å². The van der Waals surface area contributed by atoms with E-state index in [1.54, 1.807) is 12.1 Å². The Bertz CT molecular complexity index is 1030. The molecule has 0 bridgehead atoms. The molecule has 2 aromatic carbocycles. The molecule has 9 heteroatoms. The van der Waals surface area contributed by atoms with Gasteiger partial charge in [-0.15, -0.1) is 0 Å². The number of benzene rings is 2. The summed E-state index contributed by atoms with van der Waals surface area (Å²) in [6, 6.07) is 9.99. The van der Waals surface area contributed by atoms with E-state index in [1.165, 1.54) is 34.6 Å². The predicted molar refractivity (Wildman–Crippen MR) is 117 cm³/mol. The molecule has 0 aliphatic carbocycles. The van der Waals surface area contributed by atoms with E-state index in [1.807, 2.05) is 13.8 Å². The van der Waals surface area contributed by atoms with Gasteiger partial charge in [-0.3, -0.25) is 4.79 Å². The lowest BCUT2D eigenvalue weighted by atomic mass is 9.98. The van der Waals surface area contributed by atoms with Crippen molar-refractivity contribution in [1.29, 1.82) is 0 Å². The molecule has 31 heavy (non-hydrogen) atoms. The van der Waals surface area contributed by atoms with Crippen molar-refractivity contribution in [3.63, 3.8) is 0 Å². The van der Waals surface area contributed by atoms with E-state index in [4.69, 9.17) is 16.3 Å². The molecule has 1 saturated heterocycles. The summed E-state index contributed by atoms with van der Waals surface area (Å²) < 4.78 is 46.0. The highest BCUT2D eigenvalue weighted by atomic mass is 35.5. The van der Waals surface area contributed by atoms with Crippen LogP contribution in [0.25, 0.3) is 0 Å². The van der Waals surface area contributed by atoms with Crippen LogP contribution in [0.2, 0.25) is 5.02 Å². The van der Waals surface area contributed by atoms with Gasteiger partial charge in [-0.05, 0) is 62.6 Å². The third kappa shape index (κ3) is 5.56. The standard InChI is InChI=1S/C22H26ClFN2O4S/c1-3-30-21-11-10-19(13-20(21)23)31(28,29)26-12-4-5-17(14-26)22(27)25-15(2)16-6-8-18(24)9-7-16/h6-11,13,15,17H,3-5,12,14H2,1-2H3,(H,25,27). The molecule has 6 nitrogen and oxygen atoms in total. The average molecular weight is 469 g/mol. The van der Waals surface area contributed by atoms with Crippen LogP contribution in [0.4, 0.5) is 4.39 Å². The van der Waals surface area contributed by atoms with Crippen LogP contribution < -0.4 is 10.1 Å². The number of halogens is 2. The second-order valence-corrected chi connectivity index (χ2v) is 9.85. The molecule has 2 aromatic rings. The van der Waals surface area contributed by atoms with Gasteiger partial charge in [0.1, 0.15) is 11.6 Å². The Morgan fingerprint density at radius 3 is 2.65 bits per heavy atom. The quantitative estimate of drug-likeness (QED) is 0.662. The highest BCUT2D eigenvalue weighted by Gasteiger charge is 2.34. The molecule has 2 atom stereocenters. The van der Waals surface area contributed by atoms with E-state index in [0.717, 1.165) is 5.56 Å².